The highest BCUT2D eigenvalue weighted by Crippen LogP contribution is 2.27. The number of aromatic nitrogens is 4. The molecule has 134 valence electrons. The monoisotopic (exact) mass is 349 g/mol. The molecule has 26 heavy (non-hydrogen) atoms. The van der Waals surface area contributed by atoms with Crippen LogP contribution in [0.5, 0.6) is 0 Å². The molecule has 0 amide bonds. The highest BCUT2D eigenvalue weighted by molar-refractivity contribution is 5.41. The van der Waals surface area contributed by atoms with Gasteiger partial charge < -0.3 is 9.64 Å². The van der Waals surface area contributed by atoms with E-state index in [0.29, 0.717) is 0 Å². The average molecular weight is 349 g/mol. The van der Waals surface area contributed by atoms with Gasteiger partial charge in [0.2, 0.25) is 0 Å². The maximum atomic E-state index is 6.13. The fourth-order valence-electron chi connectivity index (χ4n) is 3.45. The van der Waals surface area contributed by atoms with E-state index in [0.717, 1.165) is 36.1 Å². The summed E-state index contributed by atoms with van der Waals surface area (Å²) in [6, 6.07) is 16.4. The lowest BCUT2D eigenvalue weighted by atomic mass is 10.1. The normalized spacial score (nSPS) is 20.3. The van der Waals surface area contributed by atoms with Crippen molar-refractivity contribution in [1.29, 1.82) is 0 Å². The Kier molecular flexibility index (Phi) is 4.42. The summed E-state index contributed by atoms with van der Waals surface area (Å²) in [6.45, 7) is 7.66. The van der Waals surface area contributed by atoms with Crippen molar-refractivity contribution in [2.75, 3.05) is 18.0 Å². The van der Waals surface area contributed by atoms with E-state index in [1.807, 2.05) is 54.9 Å². The Labute approximate surface area is 153 Å². The number of rotatable bonds is 3. The van der Waals surface area contributed by atoms with Gasteiger partial charge in [-0.3, -0.25) is 0 Å². The maximum Gasteiger partial charge on any atom is 0.176 e. The van der Waals surface area contributed by atoms with Crippen molar-refractivity contribution in [3.63, 3.8) is 0 Å². The summed E-state index contributed by atoms with van der Waals surface area (Å²) < 4.78 is 7.95. The van der Waals surface area contributed by atoms with Gasteiger partial charge in [-0.1, -0.05) is 30.3 Å². The molecule has 6 heteroatoms. The topological polar surface area (TPSA) is 56.1 Å². The van der Waals surface area contributed by atoms with E-state index < -0.39 is 0 Å². The van der Waals surface area contributed by atoms with E-state index in [1.165, 1.54) is 5.56 Å². The summed E-state index contributed by atoms with van der Waals surface area (Å²) in [5.41, 5.74) is 3.21. The van der Waals surface area contributed by atoms with Gasteiger partial charge in [-0.05, 0) is 44.5 Å². The average Bonchev–Trinajstić information content (AvgIpc) is 3.00. The molecule has 0 N–H and O–H groups in total. The van der Waals surface area contributed by atoms with Crippen molar-refractivity contribution in [2.45, 2.75) is 33.0 Å². The van der Waals surface area contributed by atoms with E-state index in [2.05, 4.69) is 39.3 Å². The molecule has 0 saturated carbocycles. The van der Waals surface area contributed by atoms with Crippen LogP contribution in [0.15, 0.2) is 48.5 Å². The predicted molar refractivity (Wildman–Crippen MR) is 101 cm³/mol. The van der Waals surface area contributed by atoms with Crippen LogP contribution in [0, 0.1) is 13.8 Å². The first kappa shape index (κ1) is 16.7. The largest absolute Gasteiger partial charge is 0.367 e. The number of aryl methyl sites for hydroxylation is 2. The summed E-state index contributed by atoms with van der Waals surface area (Å²) >= 11 is 0. The lowest BCUT2D eigenvalue weighted by Gasteiger charge is -2.37. The first-order chi connectivity index (χ1) is 12.6. The van der Waals surface area contributed by atoms with Crippen molar-refractivity contribution in [3.05, 3.63) is 65.5 Å². The molecule has 0 spiro atoms. The zero-order valence-corrected chi connectivity index (χ0v) is 15.3. The minimum Gasteiger partial charge on any atom is -0.367 e. The first-order valence-electron chi connectivity index (χ1n) is 8.93. The molecule has 3 heterocycles. The highest BCUT2D eigenvalue weighted by atomic mass is 16.5. The standard InChI is InChI=1S/C20H23N5O/c1-14-11-15(2)25(23-14)20-10-9-19(21-22-20)24-12-16(3)26-18(13-24)17-7-5-4-6-8-17/h4-11,16,18H,12-13H2,1-3H3. The van der Waals surface area contributed by atoms with Crippen LogP contribution >= 0.6 is 0 Å². The molecule has 1 aromatic carbocycles. The SMILES string of the molecule is Cc1cc(C)n(-c2ccc(N3CC(C)OC(c4ccccc4)C3)nn2)n1. The van der Waals surface area contributed by atoms with E-state index in [4.69, 9.17) is 4.74 Å². The second-order valence-electron chi connectivity index (χ2n) is 6.84. The molecule has 0 aliphatic carbocycles. The summed E-state index contributed by atoms with van der Waals surface area (Å²) in [6.07, 6.45) is 0.170. The van der Waals surface area contributed by atoms with Gasteiger partial charge in [-0.25, -0.2) is 4.68 Å². The van der Waals surface area contributed by atoms with Crippen LogP contribution in [0.1, 0.15) is 30.0 Å². The molecule has 1 aliphatic rings. The number of hydrogen-bond donors (Lipinski definition) is 0. The molecule has 2 atom stereocenters. The van der Waals surface area contributed by atoms with E-state index >= 15 is 0 Å². The van der Waals surface area contributed by atoms with Crippen LogP contribution in [0.2, 0.25) is 0 Å². The summed E-state index contributed by atoms with van der Waals surface area (Å²) in [5.74, 6) is 1.60. The Morgan fingerprint density at radius 3 is 2.35 bits per heavy atom. The molecule has 0 bridgehead atoms. The van der Waals surface area contributed by atoms with Crippen molar-refractivity contribution in [2.24, 2.45) is 0 Å². The van der Waals surface area contributed by atoms with E-state index in [-0.39, 0.29) is 12.2 Å². The van der Waals surface area contributed by atoms with Crippen LogP contribution in [-0.2, 0) is 4.74 Å². The third kappa shape index (κ3) is 3.32. The van der Waals surface area contributed by atoms with Gasteiger partial charge in [0.1, 0.15) is 6.10 Å². The van der Waals surface area contributed by atoms with Crippen molar-refractivity contribution < 1.29 is 4.74 Å². The molecule has 0 radical (unpaired) electrons. The third-order valence-corrected chi connectivity index (χ3v) is 4.62. The van der Waals surface area contributed by atoms with Gasteiger partial charge >= 0.3 is 0 Å². The van der Waals surface area contributed by atoms with Crippen LogP contribution in [-0.4, -0.2) is 39.2 Å². The Bertz CT molecular complexity index is 875. The molecule has 2 unspecified atom stereocenters. The lowest BCUT2D eigenvalue weighted by Crippen LogP contribution is -2.43. The lowest BCUT2D eigenvalue weighted by molar-refractivity contribution is -0.0176. The molecular formula is C20H23N5O. The second-order valence-corrected chi connectivity index (χ2v) is 6.84. The van der Waals surface area contributed by atoms with Gasteiger partial charge in [-0.15, -0.1) is 10.2 Å². The van der Waals surface area contributed by atoms with Crippen molar-refractivity contribution in [3.8, 4) is 5.82 Å². The van der Waals surface area contributed by atoms with Gasteiger partial charge in [0.25, 0.3) is 0 Å². The second kappa shape index (κ2) is 6.88. The number of anilines is 1. The summed E-state index contributed by atoms with van der Waals surface area (Å²) in [7, 11) is 0. The van der Waals surface area contributed by atoms with Crippen molar-refractivity contribution >= 4 is 5.82 Å². The number of morpholine rings is 1. The molecule has 6 nitrogen and oxygen atoms in total. The van der Waals surface area contributed by atoms with Crippen LogP contribution in [0.3, 0.4) is 0 Å². The zero-order chi connectivity index (χ0) is 18.1. The van der Waals surface area contributed by atoms with Crippen LogP contribution in [0.25, 0.3) is 5.82 Å². The predicted octanol–water partition coefficient (Wildman–Crippen LogP) is 3.25. The summed E-state index contributed by atoms with van der Waals surface area (Å²) in [5, 5.41) is 13.3. The zero-order valence-electron chi connectivity index (χ0n) is 15.3. The molecule has 4 rings (SSSR count). The fraction of sp³-hybridized carbons (Fsp3) is 0.350. The minimum absolute atomic E-state index is 0.0393. The quantitative estimate of drug-likeness (QED) is 0.726. The number of benzene rings is 1. The van der Waals surface area contributed by atoms with Gasteiger partial charge in [0, 0.05) is 18.8 Å². The first-order valence-corrected chi connectivity index (χ1v) is 8.93. The number of hydrogen-bond acceptors (Lipinski definition) is 5. The fourth-order valence-corrected chi connectivity index (χ4v) is 3.45. The third-order valence-electron chi connectivity index (χ3n) is 4.62. The molecule has 1 fully saturated rings. The Balaban J connectivity index is 1.56. The molecule has 1 aliphatic heterocycles. The van der Waals surface area contributed by atoms with Crippen molar-refractivity contribution in [1.82, 2.24) is 20.0 Å². The van der Waals surface area contributed by atoms with Crippen LogP contribution < -0.4 is 4.90 Å². The van der Waals surface area contributed by atoms with E-state index in [1.54, 1.807) is 0 Å². The molecule has 3 aromatic rings. The minimum atomic E-state index is 0.0393. The smallest absolute Gasteiger partial charge is 0.176 e. The highest BCUT2D eigenvalue weighted by Gasteiger charge is 2.27. The summed E-state index contributed by atoms with van der Waals surface area (Å²) in [4.78, 5) is 2.24. The van der Waals surface area contributed by atoms with Gasteiger partial charge in [-0.2, -0.15) is 5.10 Å². The van der Waals surface area contributed by atoms with Crippen LogP contribution in [0.4, 0.5) is 5.82 Å². The molecular weight excluding hydrogens is 326 g/mol. The Morgan fingerprint density at radius 1 is 0.962 bits per heavy atom. The Hall–Kier alpha value is -2.73. The molecule has 2 aromatic heterocycles. The van der Waals surface area contributed by atoms with E-state index in [9.17, 15) is 0 Å². The maximum absolute atomic E-state index is 6.13. The number of ether oxygens (including phenoxy) is 1. The van der Waals surface area contributed by atoms with Gasteiger partial charge in [0.05, 0.1) is 11.8 Å². The number of nitrogens with zero attached hydrogens (tertiary/aromatic N) is 5. The molecule has 1 saturated heterocycles. The Morgan fingerprint density at radius 2 is 1.69 bits per heavy atom. The van der Waals surface area contributed by atoms with Gasteiger partial charge in [0.15, 0.2) is 11.6 Å².